The molecule has 0 bridgehead atoms. The molecule has 0 amide bonds. The Balaban J connectivity index is 0.00000161. The van der Waals surface area contributed by atoms with Crippen LogP contribution in [0, 0.1) is 11.6 Å². The third kappa shape index (κ3) is 3.10. The van der Waals surface area contributed by atoms with Gasteiger partial charge in [0.15, 0.2) is 0 Å². The fourth-order valence-electron chi connectivity index (χ4n) is 2.76. The summed E-state index contributed by atoms with van der Waals surface area (Å²) in [5, 5.41) is 0. The van der Waals surface area contributed by atoms with E-state index >= 15 is 0 Å². The summed E-state index contributed by atoms with van der Waals surface area (Å²) in [6, 6.07) is 9.34. The monoisotopic (exact) mass is 310 g/mol. The lowest BCUT2D eigenvalue weighted by Crippen LogP contribution is -2.29. The van der Waals surface area contributed by atoms with Crippen LogP contribution in [0.1, 0.15) is 17.5 Å². The van der Waals surface area contributed by atoms with Gasteiger partial charge in [-0.2, -0.15) is 0 Å². The van der Waals surface area contributed by atoms with Gasteiger partial charge in [-0.15, -0.1) is 12.4 Å². The molecule has 21 heavy (non-hydrogen) atoms. The lowest BCUT2D eigenvalue weighted by atomic mass is 9.99. The second-order valence-electron chi connectivity index (χ2n) is 5.11. The first-order valence-corrected chi connectivity index (χ1v) is 6.71. The number of anilines is 2. The summed E-state index contributed by atoms with van der Waals surface area (Å²) in [7, 11) is 0. The number of hydrogen-bond donors (Lipinski definition) is 1. The minimum Gasteiger partial charge on any atom is -0.398 e. The van der Waals surface area contributed by atoms with E-state index in [1.807, 2.05) is 18.2 Å². The van der Waals surface area contributed by atoms with Crippen LogP contribution >= 0.6 is 12.4 Å². The first kappa shape index (κ1) is 15.6. The molecule has 0 atom stereocenters. The summed E-state index contributed by atoms with van der Waals surface area (Å²) in [6.07, 6.45) is 1.91. The molecule has 0 fully saturated rings. The van der Waals surface area contributed by atoms with Crippen LogP contribution in [0.25, 0.3) is 0 Å². The van der Waals surface area contributed by atoms with Gasteiger partial charge in [0, 0.05) is 30.0 Å². The van der Waals surface area contributed by atoms with E-state index in [0.717, 1.165) is 42.4 Å². The summed E-state index contributed by atoms with van der Waals surface area (Å²) in [4.78, 5) is 2.06. The number of benzene rings is 2. The van der Waals surface area contributed by atoms with Crippen molar-refractivity contribution in [3.05, 3.63) is 59.2 Å². The summed E-state index contributed by atoms with van der Waals surface area (Å²) in [6.45, 7) is 1.19. The van der Waals surface area contributed by atoms with Gasteiger partial charge in [-0.3, -0.25) is 0 Å². The SMILES string of the molecule is Cl.Nc1cccc2c1CCCN2Cc1cc(F)ccc1F. The van der Waals surface area contributed by atoms with Crippen molar-refractivity contribution in [2.24, 2.45) is 0 Å². The number of nitrogens with zero attached hydrogens (tertiary/aromatic N) is 1. The highest BCUT2D eigenvalue weighted by atomic mass is 35.5. The predicted octanol–water partition coefficient (Wildman–Crippen LogP) is 3.92. The van der Waals surface area contributed by atoms with Crippen LogP contribution in [-0.2, 0) is 13.0 Å². The summed E-state index contributed by atoms with van der Waals surface area (Å²) in [5.74, 6) is -0.784. The van der Waals surface area contributed by atoms with Crippen LogP contribution < -0.4 is 10.6 Å². The molecule has 112 valence electrons. The molecule has 1 heterocycles. The van der Waals surface area contributed by atoms with E-state index in [4.69, 9.17) is 5.73 Å². The zero-order valence-corrected chi connectivity index (χ0v) is 12.3. The lowest BCUT2D eigenvalue weighted by molar-refractivity contribution is 0.577. The molecule has 1 aliphatic heterocycles. The molecule has 0 radical (unpaired) electrons. The maximum Gasteiger partial charge on any atom is 0.128 e. The Morgan fingerprint density at radius 2 is 1.95 bits per heavy atom. The first-order chi connectivity index (χ1) is 9.65. The van der Waals surface area contributed by atoms with E-state index in [0.29, 0.717) is 12.1 Å². The van der Waals surface area contributed by atoms with E-state index in [1.54, 1.807) is 0 Å². The van der Waals surface area contributed by atoms with Gasteiger partial charge < -0.3 is 10.6 Å². The topological polar surface area (TPSA) is 29.3 Å². The van der Waals surface area contributed by atoms with Gasteiger partial charge in [0.05, 0.1) is 0 Å². The van der Waals surface area contributed by atoms with Crippen molar-refractivity contribution in [1.29, 1.82) is 0 Å². The van der Waals surface area contributed by atoms with Crippen LogP contribution in [0.2, 0.25) is 0 Å². The summed E-state index contributed by atoms with van der Waals surface area (Å²) >= 11 is 0. The number of nitrogens with two attached hydrogens (primary N) is 1. The van der Waals surface area contributed by atoms with Crippen molar-refractivity contribution in [1.82, 2.24) is 0 Å². The number of halogens is 3. The molecule has 5 heteroatoms. The van der Waals surface area contributed by atoms with E-state index in [9.17, 15) is 8.78 Å². The van der Waals surface area contributed by atoms with Crippen molar-refractivity contribution in [2.75, 3.05) is 17.2 Å². The van der Waals surface area contributed by atoms with E-state index in [2.05, 4.69) is 4.90 Å². The Bertz CT molecular complexity index is 646. The fourth-order valence-corrected chi connectivity index (χ4v) is 2.76. The standard InChI is InChI=1S/C16H16F2N2.ClH/c17-12-6-7-14(18)11(9-12)10-20-8-2-3-13-15(19)4-1-5-16(13)20;/h1,4-7,9H,2-3,8,10,19H2;1H. The van der Waals surface area contributed by atoms with Gasteiger partial charge in [-0.05, 0) is 48.7 Å². The molecule has 2 aromatic rings. The second kappa shape index (κ2) is 6.31. The average molecular weight is 311 g/mol. The van der Waals surface area contributed by atoms with Crippen LogP contribution in [0.15, 0.2) is 36.4 Å². The zero-order chi connectivity index (χ0) is 14.1. The number of rotatable bonds is 2. The highest BCUT2D eigenvalue weighted by molar-refractivity contribution is 5.85. The van der Waals surface area contributed by atoms with Crippen molar-refractivity contribution in [3.8, 4) is 0 Å². The Morgan fingerprint density at radius 3 is 2.76 bits per heavy atom. The molecule has 0 aromatic heterocycles. The quantitative estimate of drug-likeness (QED) is 0.852. The highest BCUT2D eigenvalue weighted by Crippen LogP contribution is 2.32. The molecule has 0 saturated heterocycles. The van der Waals surface area contributed by atoms with Crippen molar-refractivity contribution < 1.29 is 8.78 Å². The Labute approximate surface area is 129 Å². The fraction of sp³-hybridized carbons (Fsp3) is 0.250. The van der Waals surface area contributed by atoms with Gasteiger partial charge in [-0.1, -0.05) is 6.07 Å². The molecule has 3 rings (SSSR count). The van der Waals surface area contributed by atoms with Crippen molar-refractivity contribution in [3.63, 3.8) is 0 Å². The lowest BCUT2D eigenvalue weighted by Gasteiger charge is -2.32. The van der Waals surface area contributed by atoms with E-state index < -0.39 is 5.82 Å². The largest absolute Gasteiger partial charge is 0.398 e. The molecule has 0 aliphatic carbocycles. The molecular weight excluding hydrogens is 294 g/mol. The number of nitrogen functional groups attached to an aromatic ring is 1. The third-order valence-electron chi connectivity index (χ3n) is 3.75. The molecule has 1 aliphatic rings. The smallest absolute Gasteiger partial charge is 0.128 e. The molecule has 0 unspecified atom stereocenters. The van der Waals surface area contributed by atoms with Gasteiger partial charge in [0.2, 0.25) is 0 Å². The first-order valence-electron chi connectivity index (χ1n) is 6.71. The molecule has 2 nitrogen and oxygen atoms in total. The van der Waals surface area contributed by atoms with Gasteiger partial charge in [0.25, 0.3) is 0 Å². The molecule has 0 saturated carbocycles. The van der Waals surface area contributed by atoms with Gasteiger partial charge in [0.1, 0.15) is 11.6 Å². The summed E-state index contributed by atoms with van der Waals surface area (Å²) < 4.78 is 27.0. The van der Waals surface area contributed by atoms with Gasteiger partial charge in [-0.25, -0.2) is 8.78 Å². The zero-order valence-electron chi connectivity index (χ0n) is 11.5. The molecule has 2 N–H and O–H groups in total. The third-order valence-corrected chi connectivity index (χ3v) is 3.75. The van der Waals surface area contributed by atoms with Crippen LogP contribution in [0.4, 0.5) is 20.2 Å². The van der Waals surface area contributed by atoms with E-state index in [1.165, 1.54) is 12.1 Å². The highest BCUT2D eigenvalue weighted by Gasteiger charge is 2.19. The molecule has 0 spiro atoms. The van der Waals surface area contributed by atoms with Gasteiger partial charge >= 0.3 is 0 Å². The Hall–Kier alpha value is -1.81. The summed E-state index contributed by atoms with van der Waals surface area (Å²) in [5.41, 5.74) is 9.27. The number of fused-ring (bicyclic) bond motifs is 1. The Kier molecular flexibility index (Phi) is 4.68. The van der Waals surface area contributed by atoms with Crippen molar-refractivity contribution >= 4 is 23.8 Å². The molecular formula is C16H17ClF2N2. The average Bonchev–Trinajstić information content (AvgIpc) is 2.44. The van der Waals surface area contributed by atoms with E-state index in [-0.39, 0.29) is 18.2 Å². The Morgan fingerprint density at radius 1 is 1.14 bits per heavy atom. The minimum atomic E-state index is -0.411. The van der Waals surface area contributed by atoms with Crippen LogP contribution in [0.3, 0.4) is 0 Å². The predicted molar refractivity (Wildman–Crippen MR) is 83.8 cm³/mol. The molecule has 2 aromatic carbocycles. The normalized spacial score (nSPS) is 13.5. The number of hydrogen-bond acceptors (Lipinski definition) is 2. The van der Waals surface area contributed by atoms with Crippen LogP contribution in [0.5, 0.6) is 0 Å². The maximum atomic E-state index is 13.8. The second-order valence-corrected chi connectivity index (χ2v) is 5.11. The van der Waals surface area contributed by atoms with Crippen LogP contribution in [-0.4, -0.2) is 6.54 Å². The minimum absolute atomic E-state index is 0. The maximum absolute atomic E-state index is 13.8. The van der Waals surface area contributed by atoms with Crippen molar-refractivity contribution in [2.45, 2.75) is 19.4 Å².